The number of alkyl carbamates (subject to hydrolysis) is 1. The minimum atomic E-state index is -1.23. The van der Waals surface area contributed by atoms with Crippen LogP contribution in [-0.2, 0) is 36.7 Å². The Morgan fingerprint density at radius 1 is 0.776 bits per heavy atom. The van der Waals surface area contributed by atoms with Crippen LogP contribution in [0.1, 0.15) is 76.8 Å². The van der Waals surface area contributed by atoms with E-state index in [1.54, 1.807) is 84.9 Å². The van der Waals surface area contributed by atoms with Crippen molar-refractivity contribution in [2.24, 2.45) is 0 Å². The van der Waals surface area contributed by atoms with Crippen molar-refractivity contribution < 1.29 is 33.8 Å². The van der Waals surface area contributed by atoms with Gasteiger partial charge in [0.15, 0.2) is 0 Å². The van der Waals surface area contributed by atoms with E-state index in [4.69, 9.17) is 15.9 Å². The zero-order valence-corrected chi connectivity index (χ0v) is 29.3. The second-order valence-electron chi connectivity index (χ2n) is 13.6. The van der Waals surface area contributed by atoms with Gasteiger partial charge in [-0.05, 0) is 89.4 Å². The SMILES string of the molecule is C#Cc1ccc(C(C(=O)NC(Cc2ccccc2)C(=O)OC(C)(C)C)N(CC)C(=O)C(Cc2ccc(O)cc2)NC(=O)OC(C)(C)C)cc1. The Kier molecular flexibility index (Phi) is 13.0. The molecule has 3 atom stereocenters. The number of rotatable bonds is 12. The molecular weight excluding hydrogens is 622 g/mol. The van der Waals surface area contributed by atoms with E-state index in [2.05, 4.69) is 16.6 Å². The van der Waals surface area contributed by atoms with Crippen molar-refractivity contribution >= 4 is 23.9 Å². The number of phenolic OH excluding ortho intramolecular Hbond substituents is 1. The molecule has 49 heavy (non-hydrogen) atoms. The van der Waals surface area contributed by atoms with Crippen LogP contribution in [0.4, 0.5) is 4.79 Å². The molecule has 3 aromatic carbocycles. The van der Waals surface area contributed by atoms with Crippen molar-refractivity contribution in [2.75, 3.05) is 6.54 Å². The maximum Gasteiger partial charge on any atom is 0.408 e. The topological polar surface area (TPSA) is 134 Å². The molecule has 0 aromatic heterocycles. The van der Waals surface area contributed by atoms with Crippen LogP contribution >= 0.6 is 0 Å². The van der Waals surface area contributed by atoms with Crippen LogP contribution in [0.15, 0.2) is 78.9 Å². The molecule has 0 aliphatic heterocycles. The van der Waals surface area contributed by atoms with Gasteiger partial charge >= 0.3 is 12.1 Å². The van der Waals surface area contributed by atoms with Gasteiger partial charge in [-0.15, -0.1) is 6.42 Å². The second kappa shape index (κ2) is 16.7. The van der Waals surface area contributed by atoms with Gasteiger partial charge in [0.2, 0.25) is 11.8 Å². The molecule has 3 rings (SSSR count). The highest BCUT2D eigenvalue weighted by Gasteiger charge is 2.38. The van der Waals surface area contributed by atoms with Crippen LogP contribution in [0, 0.1) is 12.3 Å². The molecule has 10 heteroatoms. The van der Waals surface area contributed by atoms with Crippen LogP contribution in [0.3, 0.4) is 0 Å². The average molecular weight is 670 g/mol. The van der Waals surface area contributed by atoms with E-state index >= 15 is 0 Å². The number of hydrogen-bond donors (Lipinski definition) is 3. The van der Waals surface area contributed by atoms with E-state index in [1.165, 1.54) is 17.0 Å². The Bertz CT molecular complexity index is 1620. The van der Waals surface area contributed by atoms with Gasteiger partial charge in [-0.25, -0.2) is 9.59 Å². The standard InChI is InChI=1S/C39H47N3O7/c1-9-26-16-20-29(21-17-26)33(34(44)40-32(36(46)48-38(3,4)5)25-27-14-12-11-13-15-27)42(10-2)35(45)31(41-37(47)49-39(6,7)8)24-28-18-22-30(43)23-19-28/h1,11-23,31-33,43H,10,24-25H2,2-8H3,(H,40,44)(H,41,47). The van der Waals surface area contributed by atoms with Gasteiger partial charge < -0.3 is 30.1 Å². The normalized spacial score (nSPS) is 13.2. The molecule has 3 N–H and O–H groups in total. The van der Waals surface area contributed by atoms with E-state index < -0.39 is 53.2 Å². The van der Waals surface area contributed by atoms with E-state index in [9.17, 15) is 24.3 Å². The maximum absolute atomic E-state index is 14.5. The summed E-state index contributed by atoms with van der Waals surface area (Å²) in [5, 5.41) is 15.4. The smallest absolute Gasteiger partial charge is 0.408 e. The van der Waals surface area contributed by atoms with Crippen LogP contribution in [0.2, 0.25) is 0 Å². The first-order valence-corrected chi connectivity index (χ1v) is 16.2. The highest BCUT2D eigenvalue weighted by molar-refractivity contribution is 5.94. The summed E-state index contributed by atoms with van der Waals surface area (Å²) in [5.41, 5.74) is 0.807. The van der Waals surface area contributed by atoms with E-state index in [-0.39, 0.29) is 25.1 Å². The summed E-state index contributed by atoms with van der Waals surface area (Å²) in [6.07, 6.45) is 4.96. The lowest BCUT2D eigenvalue weighted by atomic mass is 9.98. The van der Waals surface area contributed by atoms with Gasteiger partial charge in [0, 0.05) is 24.9 Å². The summed E-state index contributed by atoms with van der Waals surface area (Å²) in [5.74, 6) is 0.772. The number of phenols is 1. The van der Waals surface area contributed by atoms with Crippen LogP contribution in [-0.4, -0.2) is 63.7 Å². The van der Waals surface area contributed by atoms with Gasteiger partial charge in [0.1, 0.15) is 35.1 Å². The largest absolute Gasteiger partial charge is 0.508 e. The predicted octanol–water partition coefficient (Wildman–Crippen LogP) is 5.47. The van der Waals surface area contributed by atoms with Crippen molar-refractivity contribution in [3.05, 3.63) is 101 Å². The molecule has 0 spiro atoms. The first-order chi connectivity index (χ1) is 23.0. The second-order valence-corrected chi connectivity index (χ2v) is 13.6. The Morgan fingerprint density at radius 2 is 1.33 bits per heavy atom. The maximum atomic E-state index is 14.5. The number of benzene rings is 3. The Balaban J connectivity index is 2.06. The third-order valence-electron chi connectivity index (χ3n) is 7.23. The zero-order valence-electron chi connectivity index (χ0n) is 29.3. The van der Waals surface area contributed by atoms with Crippen molar-refractivity contribution in [3.63, 3.8) is 0 Å². The summed E-state index contributed by atoms with van der Waals surface area (Å²) < 4.78 is 11.2. The molecule has 3 amide bonds. The summed E-state index contributed by atoms with van der Waals surface area (Å²) in [6.45, 7) is 12.1. The molecule has 0 aliphatic carbocycles. The molecule has 260 valence electrons. The van der Waals surface area contributed by atoms with Crippen molar-refractivity contribution in [1.82, 2.24) is 15.5 Å². The van der Waals surface area contributed by atoms with E-state index in [0.717, 1.165) is 5.56 Å². The fraction of sp³-hybridized carbons (Fsp3) is 0.385. The monoisotopic (exact) mass is 669 g/mol. The quantitative estimate of drug-likeness (QED) is 0.172. The molecule has 0 heterocycles. The Hall–Kier alpha value is -5.30. The molecule has 0 radical (unpaired) electrons. The van der Waals surface area contributed by atoms with Crippen LogP contribution in [0.25, 0.3) is 0 Å². The van der Waals surface area contributed by atoms with Gasteiger partial charge in [0.25, 0.3) is 0 Å². The first-order valence-electron chi connectivity index (χ1n) is 16.2. The number of carbonyl (C=O) groups is 4. The first kappa shape index (κ1) is 38.2. The van der Waals surface area contributed by atoms with Crippen molar-refractivity contribution in [3.8, 4) is 18.1 Å². The zero-order chi connectivity index (χ0) is 36.4. The molecular formula is C39H47N3O7. The lowest BCUT2D eigenvalue weighted by Crippen LogP contribution is -2.55. The Labute approximate surface area is 289 Å². The summed E-state index contributed by atoms with van der Waals surface area (Å²) >= 11 is 0. The van der Waals surface area contributed by atoms with E-state index in [0.29, 0.717) is 16.7 Å². The predicted molar refractivity (Wildman–Crippen MR) is 187 cm³/mol. The number of ether oxygens (including phenoxy) is 2. The van der Waals surface area contributed by atoms with Gasteiger partial charge in [0.05, 0.1) is 0 Å². The number of esters is 1. The molecule has 0 saturated heterocycles. The third-order valence-corrected chi connectivity index (χ3v) is 7.23. The number of hydrogen-bond acceptors (Lipinski definition) is 7. The number of nitrogens with one attached hydrogen (secondary N) is 2. The highest BCUT2D eigenvalue weighted by atomic mass is 16.6. The van der Waals surface area contributed by atoms with Gasteiger partial charge in [-0.3, -0.25) is 9.59 Å². The lowest BCUT2D eigenvalue weighted by Gasteiger charge is -2.34. The molecule has 3 unspecified atom stereocenters. The van der Waals surface area contributed by atoms with Crippen molar-refractivity contribution in [1.29, 1.82) is 0 Å². The average Bonchev–Trinajstić information content (AvgIpc) is 3.02. The van der Waals surface area contributed by atoms with Crippen molar-refractivity contribution in [2.45, 2.75) is 90.6 Å². The minimum absolute atomic E-state index is 0.0355. The molecule has 0 aliphatic rings. The molecule has 0 saturated carbocycles. The fourth-order valence-electron chi connectivity index (χ4n) is 5.08. The summed E-state index contributed by atoms with van der Waals surface area (Å²) in [4.78, 5) is 56.7. The minimum Gasteiger partial charge on any atom is -0.508 e. The van der Waals surface area contributed by atoms with Crippen LogP contribution in [0.5, 0.6) is 5.75 Å². The molecule has 3 aromatic rings. The number of nitrogens with zero attached hydrogens (tertiary/aromatic N) is 1. The Morgan fingerprint density at radius 3 is 1.86 bits per heavy atom. The summed E-state index contributed by atoms with van der Waals surface area (Å²) in [7, 11) is 0. The molecule has 0 bridgehead atoms. The fourth-order valence-corrected chi connectivity index (χ4v) is 5.08. The third kappa shape index (κ3) is 12.0. The van der Waals surface area contributed by atoms with Crippen LogP contribution < -0.4 is 10.6 Å². The highest BCUT2D eigenvalue weighted by Crippen LogP contribution is 2.25. The number of likely N-dealkylation sites (N-methyl/N-ethyl adjacent to an activating group) is 1. The number of aromatic hydroxyl groups is 1. The number of carbonyl (C=O) groups excluding carboxylic acids is 4. The van der Waals surface area contributed by atoms with E-state index in [1.807, 2.05) is 30.3 Å². The molecule has 10 nitrogen and oxygen atoms in total. The van der Waals surface area contributed by atoms with Gasteiger partial charge in [-0.2, -0.15) is 0 Å². The summed E-state index contributed by atoms with van der Waals surface area (Å²) in [6, 6.07) is 18.6. The molecule has 0 fully saturated rings. The number of amides is 3. The lowest BCUT2D eigenvalue weighted by molar-refractivity contribution is -0.159. The van der Waals surface area contributed by atoms with Gasteiger partial charge in [-0.1, -0.05) is 60.5 Å². The number of terminal acetylenes is 1.